The first-order valence-corrected chi connectivity index (χ1v) is 9.22. The van der Waals surface area contributed by atoms with E-state index >= 15 is 0 Å². The first-order valence-electron chi connectivity index (χ1n) is 8.34. The molecule has 5 nitrogen and oxygen atoms in total. The minimum Gasteiger partial charge on any atom is -0.461 e. The van der Waals surface area contributed by atoms with Gasteiger partial charge in [-0.1, -0.05) is 13.0 Å². The third kappa shape index (κ3) is 3.82. The first-order chi connectivity index (χ1) is 11.7. The lowest BCUT2D eigenvalue weighted by molar-refractivity contribution is 0.156. The lowest BCUT2D eigenvalue weighted by Crippen LogP contribution is -2.40. The number of methoxy groups -OCH3 is 1. The predicted molar refractivity (Wildman–Crippen MR) is 94.2 cm³/mol. The lowest BCUT2D eigenvalue weighted by atomic mass is 10.1. The van der Waals surface area contributed by atoms with E-state index in [0.29, 0.717) is 19.1 Å². The topological polar surface area (TPSA) is 54.7 Å². The highest BCUT2D eigenvalue weighted by atomic mass is 32.1. The molecule has 1 aliphatic rings. The average Bonchev–Trinajstić information content (AvgIpc) is 3.32. The molecule has 0 radical (unpaired) electrons. The van der Waals surface area contributed by atoms with Gasteiger partial charge in [-0.3, -0.25) is 0 Å². The Morgan fingerprint density at radius 1 is 1.50 bits per heavy atom. The van der Waals surface area contributed by atoms with E-state index in [2.05, 4.69) is 23.7 Å². The van der Waals surface area contributed by atoms with Gasteiger partial charge in [-0.05, 0) is 36.4 Å². The fourth-order valence-corrected chi connectivity index (χ4v) is 3.90. The number of hydrogen-bond donors (Lipinski definition) is 1. The van der Waals surface area contributed by atoms with Crippen LogP contribution in [-0.2, 0) is 11.3 Å². The highest BCUT2D eigenvalue weighted by Gasteiger charge is 2.32. The number of nitrogens with one attached hydrogen (secondary N) is 1. The summed E-state index contributed by atoms with van der Waals surface area (Å²) in [5.41, 5.74) is 0. The second-order valence-electron chi connectivity index (χ2n) is 6.19. The van der Waals surface area contributed by atoms with Gasteiger partial charge in [0.25, 0.3) is 0 Å². The van der Waals surface area contributed by atoms with Gasteiger partial charge in [0.05, 0.1) is 6.04 Å². The molecule has 3 rings (SSSR count). The zero-order valence-electron chi connectivity index (χ0n) is 14.2. The van der Waals surface area contributed by atoms with Gasteiger partial charge in [-0.2, -0.15) is 0 Å². The Kier molecular flexibility index (Phi) is 5.58. The van der Waals surface area contributed by atoms with Crippen LogP contribution in [-0.4, -0.2) is 31.1 Å². The van der Waals surface area contributed by atoms with Crippen LogP contribution in [0.5, 0.6) is 0 Å². The highest BCUT2D eigenvalue weighted by molar-refractivity contribution is 7.10. The maximum absolute atomic E-state index is 12.6. The molecule has 0 saturated carbocycles. The van der Waals surface area contributed by atoms with Crippen LogP contribution in [0, 0.1) is 0 Å². The number of rotatable bonds is 6. The Labute approximate surface area is 146 Å². The number of likely N-dealkylation sites (tertiary alicyclic amines) is 1. The summed E-state index contributed by atoms with van der Waals surface area (Å²) in [5, 5.41) is 5.14. The van der Waals surface area contributed by atoms with Crippen molar-refractivity contribution in [1.29, 1.82) is 0 Å². The van der Waals surface area contributed by atoms with Crippen LogP contribution in [0.1, 0.15) is 48.1 Å². The highest BCUT2D eigenvalue weighted by Crippen LogP contribution is 2.33. The molecule has 0 spiro atoms. The van der Waals surface area contributed by atoms with Crippen LogP contribution in [0.15, 0.2) is 34.1 Å². The summed E-state index contributed by atoms with van der Waals surface area (Å²) in [5.74, 6) is 1.97. The second kappa shape index (κ2) is 7.85. The van der Waals surface area contributed by atoms with Gasteiger partial charge < -0.3 is 19.4 Å². The van der Waals surface area contributed by atoms with Gasteiger partial charge in [0.1, 0.15) is 18.1 Å². The van der Waals surface area contributed by atoms with Crippen LogP contribution in [0.25, 0.3) is 0 Å². The van der Waals surface area contributed by atoms with Crippen molar-refractivity contribution in [2.24, 2.45) is 0 Å². The summed E-state index contributed by atoms with van der Waals surface area (Å²) in [6, 6.07) is 8.05. The lowest BCUT2D eigenvalue weighted by Gasteiger charge is -2.24. The molecule has 24 heavy (non-hydrogen) atoms. The molecule has 2 aromatic rings. The fourth-order valence-electron chi connectivity index (χ4n) is 3.11. The minimum atomic E-state index is -0.00871. The molecule has 3 heterocycles. The van der Waals surface area contributed by atoms with Crippen LogP contribution in [0.4, 0.5) is 4.79 Å². The number of carbonyl (C=O) groups is 1. The summed E-state index contributed by atoms with van der Waals surface area (Å²) < 4.78 is 10.9. The van der Waals surface area contributed by atoms with Crippen molar-refractivity contribution >= 4 is 17.4 Å². The van der Waals surface area contributed by atoms with Gasteiger partial charge >= 0.3 is 6.03 Å². The van der Waals surface area contributed by atoms with Crippen molar-refractivity contribution in [3.8, 4) is 0 Å². The summed E-state index contributed by atoms with van der Waals surface area (Å²) in [6.07, 6.45) is 1.94. The number of urea groups is 1. The van der Waals surface area contributed by atoms with Crippen molar-refractivity contribution in [1.82, 2.24) is 10.2 Å². The molecular formula is C18H24N2O3S. The maximum Gasteiger partial charge on any atom is 0.318 e. The Hall–Kier alpha value is -1.79. The Balaban J connectivity index is 1.58. The van der Waals surface area contributed by atoms with E-state index in [1.807, 2.05) is 23.1 Å². The standard InChI is InChI=1S/C18H24N2O3S/c1-13(17-6-4-10-24-17)11-19-18(21)20-9-3-5-15(20)16-8-7-14(23-16)12-22-2/h4,6-8,10,13,15H,3,5,9,11-12H2,1-2H3,(H,19,21). The third-order valence-electron chi connectivity index (χ3n) is 4.40. The monoisotopic (exact) mass is 348 g/mol. The number of amides is 2. The van der Waals surface area contributed by atoms with E-state index < -0.39 is 0 Å². The molecule has 0 aromatic carbocycles. The van der Waals surface area contributed by atoms with Gasteiger partial charge in [-0.15, -0.1) is 11.3 Å². The summed E-state index contributed by atoms with van der Waals surface area (Å²) >= 11 is 1.73. The van der Waals surface area contributed by atoms with E-state index in [0.717, 1.165) is 30.9 Å². The molecule has 2 unspecified atom stereocenters. The molecule has 6 heteroatoms. The van der Waals surface area contributed by atoms with Crippen molar-refractivity contribution in [2.45, 2.75) is 38.3 Å². The number of nitrogens with zero attached hydrogens (tertiary/aromatic N) is 1. The molecule has 1 N–H and O–H groups in total. The SMILES string of the molecule is COCc1ccc(C2CCCN2C(=O)NCC(C)c2cccs2)o1. The Bertz CT molecular complexity index is 653. The van der Waals surface area contributed by atoms with E-state index in [1.54, 1.807) is 18.4 Å². The number of carbonyl (C=O) groups excluding carboxylic acids is 1. The van der Waals surface area contributed by atoms with Crippen molar-refractivity contribution in [2.75, 3.05) is 20.2 Å². The molecule has 0 bridgehead atoms. The quantitative estimate of drug-likeness (QED) is 0.854. The fraction of sp³-hybridized carbons (Fsp3) is 0.500. The second-order valence-corrected chi connectivity index (χ2v) is 7.17. The Morgan fingerprint density at radius 2 is 2.38 bits per heavy atom. The van der Waals surface area contributed by atoms with Crippen LogP contribution in [0.3, 0.4) is 0 Å². The smallest absolute Gasteiger partial charge is 0.318 e. The zero-order chi connectivity index (χ0) is 16.9. The molecule has 1 saturated heterocycles. The average molecular weight is 348 g/mol. The van der Waals surface area contributed by atoms with Crippen LogP contribution >= 0.6 is 11.3 Å². The maximum atomic E-state index is 12.6. The number of ether oxygens (including phenoxy) is 1. The molecule has 2 atom stereocenters. The van der Waals surface area contributed by atoms with E-state index in [9.17, 15) is 4.79 Å². The number of furan rings is 1. The molecule has 2 aromatic heterocycles. The molecule has 1 fully saturated rings. The van der Waals surface area contributed by atoms with Gasteiger partial charge in [-0.25, -0.2) is 4.79 Å². The first kappa shape index (κ1) is 17.0. The molecule has 130 valence electrons. The van der Waals surface area contributed by atoms with E-state index in [1.165, 1.54) is 4.88 Å². The largest absolute Gasteiger partial charge is 0.461 e. The van der Waals surface area contributed by atoms with Gasteiger partial charge in [0, 0.05) is 31.0 Å². The van der Waals surface area contributed by atoms with Crippen molar-refractivity contribution in [3.05, 3.63) is 46.0 Å². The van der Waals surface area contributed by atoms with E-state index in [-0.39, 0.29) is 12.1 Å². The van der Waals surface area contributed by atoms with Crippen molar-refractivity contribution in [3.63, 3.8) is 0 Å². The Morgan fingerprint density at radius 3 is 3.12 bits per heavy atom. The van der Waals surface area contributed by atoms with Crippen LogP contribution in [0.2, 0.25) is 0 Å². The van der Waals surface area contributed by atoms with Crippen LogP contribution < -0.4 is 5.32 Å². The number of thiophene rings is 1. The third-order valence-corrected chi connectivity index (χ3v) is 5.50. The van der Waals surface area contributed by atoms with Gasteiger partial charge in [0.2, 0.25) is 0 Å². The zero-order valence-corrected chi connectivity index (χ0v) is 15.0. The number of hydrogen-bond acceptors (Lipinski definition) is 4. The summed E-state index contributed by atoms with van der Waals surface area (Å²) in [6.45, 7) is 4.01. The normalized spacial score (nSPS) is 18.8. The van der Waals surface area contributed by atoms with Crippen molar-refractivity contribution < 1.29 is 13.9 Å². The summed E-state index contributed by atoms with van der Waals surface area (Å²) in [7, 11) is 1.65. The molecule has 1 aliphatic heterocycles. The summed E-state index contributed by atoms with van der Waals surface area (Å²) in [4.78, 5) is 15.8. The van der Waals surface area contributed by atoms with E-state index in [4.69, 9.17) is 9.15 Å². The molecular weight excluding hydrogens is 324 g/mol. The minimum absolute atomic E-state index is 0.00871. The van der Waals surface area contributed by atoms with Gasteiger partial charge in [0.15, 0.2) is 0 Å². The predicted octanol–water partition coefficient (Wildman–Crippen LogP) is 4.14. The molecule has 2 amide bonds. The molecule has 0 aliphatic carbocycles.